The lowest BCUT2D eigenvalue weighted by atomic mass is 10.1. The molecule has 0 saturated carbocycles. The van der Waals surface area contributed by atoms with Gasteiger partial charge in [0.2, 0.25) is 0 Å². The molecule has 1 aromatic carbocycles. The summed E-state index contributed by atoms with van der Waals surface area (Å²) >= 11 is 0. The van der Waals surface area contributed by atoms with Crippen LogP contribution in [0.4, 0.5) is 15.8 Å². The van der Waals surface area contributed by atoms with Gasteiger partial charge in [-0.1, -0.05) is 0 Å². The number of aliphatic imine (C=N–C) groups is 1. The predicted octanol–water partition coefficient (Wildman–Crippen LogP) is 2.47. The van der Waals surface area contributed by atoms with Crippen molar-refractivity contribution in [3.63, 3.8) is 0 Å². The van der Waals surface area contributed by atoms with Crippen molar-refractivity contribution in [2.75, 3.05) is 37.7 Å². The van der Waals surface area contributed by atoms with Crippen LogP contribution in [-0.4, -0.2) is 38.7 Å². The summed E-state index contributed by atoms with van der Waals surface area (Å²) in [5.41, 5.74) is 1.71. The fraction of sp³-hybridized carbons (Fsp3) is 0.533. The number of nitrogens with zero attached hydrogens (tertiary/aromatic N) is 2. The van der Waals surface area contributed by atoms with E-state index in [1.54, 1.807) is 0 Å². The third kappa shape index (κ3) is 3.10. The maximum absolute atomic E-state index is 13.5. The van der Waals surface area contributed by atoms with Gasteiger partial charge in [-0.15, -0.1) is 0 Å². The highest BCUT2D eigenvalue weighted by molar-refractivity contribution is 5.87. The molecule has 0 aliphatic carbocycles. The molecule has 0 amide bonds. The fourth-order valence-corrected chi connectivity index (χ4v) is 2.64. The zero-order chi connectivity index (χ0) is 13.8. The third-order valence-electron chi connectivity index (χ3n) is 3.71. The molecule has 0 aromatic heterocycles. The molecule has 2 heterocycles. The number of hydrogen-bond acceptors (Lipinski definition) is 3. The molecular formula is C15H20FN3O. The Bertz CT molecular complexity index is 490. The Labute approximate surface area is 118 Å². The van der Waals surface area contributed by atoms with E-state index in [1.807, 2.05) is 6.07 Å². The van der Waals surface area contributed by atoms with Gasteiger partial charge in [-0.2, -0.15) is 0 Å². The number of piperidine rings is 1. The summed E-state index contributed by atoms with van der Waals surface area (Å²) in [6.07, 6.45) is 3.27. The molecule has 2 fully saturated rings. The maximum Gasteiger partial charge on any atom is 0.125 e. The Balaban J connectivity index is 1.89. The van der Waals surface area contributed by atoms with E-state index in [9.17, 15) is 4.39 Å². The van der Waals surface area contributed by atoms with Crippen LogP contribution in [0.25, 0.3) is 0 Å². The van der Waals surface area contributed by atoms with Crippen molar-refractivity contribution in [2.45, 2.75) is 19.3 Å². The second-order valence-corrected chi connectivity index (χ2v) is 5.17. The molecule has 0 bridgehead atoms. The standard InChI is InChI=1S/C15H20FN3O/c16-12-4-5-14(19-7-9-20-10-8-19)13(11-12)18-15-3-1-2-6-17-15/h4-5,11H,1-3,6-10H2,(H,17,18). The zero-order valence-corrected chi connectivity index (χ0v) is 11.6. The number of ether oxygens (including phenoxy) is 1. The predicted molar refractivity (Wildman–Crippen MR) is 78.4 cm³/mol. The van der Waals surface area contributed by atoms with Crippen LogP contribution in [0, 0.1) is 5.82 Å². The summed E-state index contributed by atoms with van der Waals surface area (Å²) in [6, 6.07) is 4.85. The molecule has 5 heteroatoms. The molecule has 1 aromatic rings. The van der Waals surface area contributed by atoms with Gasteiger partial charge < -0.3 is 15.0 Å². The molecule has 0 spiro atoms. The normalized spacial score (nSPS) is 21.9. The summed E-state index contributed by atoms with van der Waals surface area (Å²) < 4.78 is 18.9. The molecule has 1 N–H and O–H groups in total. The molecule has 0 radical (unpaired) electrons. The molecule has 2 saturated heterocycles. The second kappa shape index (κ2) is 6.22. The quantitative estimate of drug-likeness (QED) is 0.902. The average molecular weight is 277 g/mol. The molecule has 3 rings (SSSR count). The van der Waals surface area contributed by atoms with E-state index in [-0.39, 0.29) is 5.82 Å². The first-order valence-corrected chi connectivity index (χ1v) is 7.26. The smallest absolute Gasteiger partial charge is 0.125 e. The minimum absolute atomic E-state index is 0.239. The zero-order valence-electron chi connectivity index (χ0n) is 11.6. The second-order valence-electron chi connectivity index (χ2n) is 5.17. The highest BCUT2D eigenvalue weighted by atomic mass is 19.1. The summed E-state index contributed by atoms with van der Waals surface area (Å²) in [5.74, 6) is 0.730. The summed E-state index contributed by atoms with van der Waals surface area (Å²) in [7, 11) is 0. The van der Waals surface area contributed by atoms with Gasteiger partial charge in [0.1, 0.15) is 11.7 Å². The van der Waals surface area contributed by atoms with Gasteiger partial charge in [0, 0.05) is 32.1 Å². The van der Waals surface area contributed by atoms with Crippen molar-refractivity contribution in [3.05, 3.63) is 24.0 Å². The van der Waals surface area contributed by atoms with Crippen LogP contribution in [-0.2, 0) is 4.74 Å². The van der Waals surface area contributed by atoms with Crippen LogP contribution in [0.3, 0.4) is 0 Å². The Morgan fingerprint density at radius 1 is 1.20 bits per heavy atom. The Kier molecular flexibility index (Phi) is 4.16. The van der Waals surface area contributed by atoms with Crippen LogP contribution >= 0.6 is 0 Å². The van der Waals surface area contributed by atoms with Gasteiger partial charge in [0.05, 0.1) is 24.6 Å². The van der Waals surface area contributed by atoms with Crippen LogP contribution in [0.15, 0.2) is 23.2 Å². The minimum atomic E-state index is -0.239. The van der Waals surface area contributed by atoms with E-state index in [1.165, 1.54) is 18.6 Å². The highest BCUT2D eigenvalue weighted by Crippen LogP contribution is 2.30. The minimum Gasteiger partial charge on any atom is -0.378 e. The van der Waals surface area contributed by atoms with E-state index in [0.29, 0.717) is 13.2 Å². The average Bonchev–Trinajstić information content (AvgIpc) is 2.49. The third-order valence-corrected chi connectivity index (χ3v) is 3.71. The van der Waals surface area contributed by atoms with Gasteiger partial charge in [-0.05, 0) is 25.0 Å². The van der Waals surface area contributed by atoms with Crippen LogP contribution < -0.4 is 10.2 Å². The van der Waals surface area contributed by atoms with E-state index in [4.69, 9.17) is 4.74 Å². The topological polar surface area (TPSA) is 36.9 Å². The Morgan fingerprint density at radius 2 is 2.05 bits per heavy atom. The Hall–Kier alpha value is -1.62. The van der Waals surface area contributed by atoms with Crippen molar-refractivity contribution < 1.29 is 9.13 Å². The molecule has 0 unspecified atom stereocenters. The molecule has 4 nitrogen and oxygen atoms in total. The van der Waals surface area contributed by atoms with Crippen molar-refractivity contribution in [1.29, 1.82) is 0 Å². The van der Waals surface area contributed by atoms with Gasteiger partial charge >= 0.3 is 0 Å². The van der Waals surface area contributed by atoms with Crippen molar-refractivity contribution >= 4 is 17.2 Å². The van der Waals surface area contributed by atoms with Crippen molar-refractivity contribution in [3.8, 4) is 0 Å². The van der Waals surface area contributed by atoms with Crippen LogP contribution in [0.5, 0.6) is 0 Å². The van der Waals surface area contributed by atoms with E-state index < -0.39 is 0 Å². The monoisotopic (exact) mass is 277 g/mol. The lowest BCUT2D eigenvalue weighted by Crippen LogP contribution is -2.36. The van der Waals surface area contributed by atoms with Crippen LogP contribution in [0.2, 0.25) is 0 Å². The molecule has 2 aliphatic rings. The van der Waals surface area contributed by atoms with Gasteiger partial charge in [-0.25, -0.2) is 9.38 Å². The highest BCUT2D eigenvalue weighted by Gasteiger charge is 2.16. The lowest BCUT2D eigenvalue weighted by molar-refractivity contribution is 0.123. The number of benzene rings is 1. The Morgan fingerprint density at radius 3 is 2.80 bits per heavy atom. The molecule has 108 valence electrons. The van der Waals surface area contributed by atoms with E-state index in [2.05, 4.69) is 15.2 Å². The van der Waals surface area contributed by atoms with Gasteiger partial charge in [0.15, 0.2) is 0 Å². The number of anilines is 1. The fourth-order valence-electron chi connectivity index (χ4n) is 2.64. The molecule has 0 atom stereocenters. The summed E-state index contributed by atoms with van der Waals surface area (Å²) in [5, 5.41) is 3.30. The van der Waals surface area contributed by atoms with Crippen molar-refractivity contribution in [1.82, 2.24) is 5.32 Å². The van der Waals surface area contributed by atoms with E-state index >= 15 is 0 Å². The van der Waals surface area contributed by atoms with Crippen molar-refractivity contribution in [2.24, 2.45) is 4.99 Å². The van der Waals surface area contributed by atoms with E-state index in [0.717, 1.165) is 49.7 Å². The summed E-state index contributed by atoms with van der Waals surface area (Å²) in [4.78, 5) is 6.85. The maximum atomic E-state index is 13.5. The number of rotatable bonds is 2. The SMILES string of the molecule is Fc1ccc(N2CCOCC2)c(/N=C2\CCCCN2)c1. The molecular weight excluding hydrogens is 257 g/mol. The first-order chi connectivity index (χ1) is 9.83. The number of nitrogens with one attached hydrogen (secondary N) is 1. The number of hydrogen-bond donors (Lipinski definition) is 1. The lowest BCUT2D eigenvalue weighted by Gasteiger charge is -2.30. The van der Waals surface area contributed by atoms with Gasteiger partial charge in [0.25, 0.3) is 0 Å². The number of amidine groups is 1. The first kappa shape index (κ1) is 13.4. The molecule has 2 aliphatic heterocycles. The van der Waals surface area contributed by atoms with Gasteiger partial charge in [-0.3, -0.25) is 0 Å². The number of morpholine rings is 1. The first-order valence-electron chi connectivity index (χ1n) is 7.26. The van der Waals surface area contributed by atoms with Crippen LogP contribution in [0.1, 0.15) is 19.3 Å². The largest absolute Gasteiger partial charge is 0.378 e. The number of halogens is 1. The summed E-state index contributed by atoms with van der Waals surface area (Å²) in [6.45, 7) is 4.05. The molecule has 20 heavy (non-hydrogen) atoms.